The van der Waals surface area contributed by atoms with E-state index < -0.39 is 5.60 Å². The Hall–Kier alpha value is -2.69. The largest absolute Gasteiger partial charge is 0.385 e. The Bertz CT molecular complexity index is 1100. The molecule has 10 nitrogen and oxygen atoms in total. The molecule has 0 aliphatic carbocycles. The number of morpholine rings is 1. The molecule has 10 heteroatoms. The SMILES string of the molecule is CC1COCCN1c1cc(C2(O)CC3CCC(C2)O3)c2c(N)nn(-c3ccn[nH]3)c2n1. The molecule has 31 heavy (non-hydrogen) atoms. The van der Waals surface area contributed by atoms with E-state index in [4.69, 9.17) is 20.2 Å². The van der Waals surface area contributed by atoms with E-state index in [1.807, 2.05) is 12.1 Å². The molecular formula is C21H27N7O3. The summed E-state index contributed by atoms with van der Waals surface area (Å²) in [7, 11) is 0. The molecule has 164 valence electrons. The zero-order valence-electron chi connectivity index (χ0n) is 17.5. The number of fused-ring (bicyclic) bond motifs is 3. The highest BCUT2D eigenvalue weighted by Crippen LogP contribution is 2.47. The third kappa shape index (κ3) is 3.00. The summed E-state index contributed by atoms with van der Waals surface area (Å²) in [5.74, 6) is 1.82. The number of rotatable bonds is 3. The first-order valence-electron chi connectivity index (χ1n) is 10.9. The van der Waals surface area contributed by atoms with Crippen molar-refractivity contribution in [1.29, 1.82) is 0 Å². The van der Waals surface area contributed by atoms with Gasteiger partial charge in [-0.25, -0.2) is 4.98 Å². The molecule has 6 heterocycles. The Kier molecular flexibility index (Phi) is 4.24. The van der Waals surface area contributed by atoms with Gasteiger partial charge < -0.3 is 25.2 Å². The van der Waals surface area contributed by atoms with E-state index in [9.17, 15) is 5.11 Å². The minimum absolute atomic E-state index is 0.0709. The average Bonchev–Trinajstić information content (AvgIpc) is 3.48. The first kappa shape index (κ1) is 19.0. The second-order valence-corrected chi connectivity index (χ2v) is 8.98. The predicted octanol–water partition coefficient (Wildman–Crippen LogP) is 1.48. The van der Waals surface area contributed by atoms with Crippen molar-refractivity contribution in [3.63, 3.8) is 0 Å². The highest BCUT2D eigenvalue weighted by Gasteiger charge is 2.46. The van der Waals surface area contributed by atoms with Gasteiger partial charge in [-0.05, 0) is 25.8 Å². The summed E-state index contributed by atoms with van der Waals surface area (Å²) in [5.41, 5.74) is 6.77. The molecule has 0 spiro atoms. The number of ether oxygens (including phenoxy) is 2. The number of aromatic nitrogens is 5. The normalized spacial score (nSPS) is 30.9. The fourth-order valence-corrected chi connectivity index (χ4v) is 5.38. The lowest BCUT2D eigenvalue weighted by atomic mass is 9.82. The van der Waals surface area contributed by atoms with Crippen molar-refractivity contribution < 1.29 is 14.6 Å². The number of nitrogens with zero attached hydrogens (tertiary/aromatic N) is 5. The monoisotopic (exact) mass is 425 g/mol. The van der Waals surface area contributed by atoms with Crippen LogP contribution in [0.5, 0.6) is 0 Å². The van der Waals surface area contributed by atoms with Crippen molar-refractivity contribution in [3.8, 4) is 5.82 Å². The van der Waals surface area contributed by atoms with Gasteiger partial charge in [0.25, 0.3) is 0 Å². The molecule has 3 aliphatic rings. The summed E-state index contributed by atoms with van der Waals surface area (Å²) in [6.07, 6.45) is 4.88. The molecule has 4 N–H and O–H groups in total. The van der Waals surface area contributed by atoms with Gasteiger partial charge in [0.1, 0.15) is 5.82 Å². The van der Waals surface area contributed by atoms with E-state index >= 15 is 0 Å². The smallest absolute Gasteiger partial charge is 0.169 e. The highest BCUT2D eigenvalue weighted by molar-refractivity contribution is 5.92. The van der Waals surface area contributed by atoms with Gasteiger partial charge in [-0.15, -0.1) is 5.10 Å². The van der Waals surface area contributed by atoms with Crippen LogP contribution in [0, 0.1) is 0 Å². The molecular weight excluding hydrogens is 398 g/mol. The van der Waals surface area contributed by atoms with Crippen LogP contribution in [0.4, 0.5) is 11.6 Å². The Morgan fingerprint density at radius 1 is 1.29 bits per heavy atom. The standard InChI is InChI=1S/C21H27N7O3/c1-12-11-30-7-6-27(12)17-8-15(21(29)9-13-2-3-14(10-21)31-13)18-19(22)26-28(20(18)24-17)16-4-5-23-25-16/h4-5,8,12-14,29H,2-3,6-7,9-11H2,1H3,(H2,22,26)(H,23,25). The lowest BCUT2D eigenvalue weighted by Crippen LogP contribution is -2.44. The Morgan fingerprint density at radius 2 is 2.10 bits per heavy atom. The van der Waals surface area contributed by atoms with E-state index in [1.165, 1.54) is 0 Å². The topological polar surface area (TPSA) is 127 Å². The zero-order chi connectivity index (χ0) is 21.2. The summed E-state index contributed by atoms with van der Waals surface area (Å²) in [6.45, 7) is 4.14. The van der Waals surface area contributed by atoms with Crippen LogP contribution in [0.2, 0.25) is 0 Å². The predicted molar refractivity (Wildman–Crippen MR) is 114 cm³/mol. The minimum atomic E-state index is -1.04. The molecule has 0 saturated carbocycles. The van der Waals surface area contributed by atoms with Crippen molar-refractivity contribution >= 4 is 22.7 Å². The third-order valence-electron chi connectivity index (χ3n) is 6.86. The minimum Gasteiger partial charge on any atom is -0.385 e. The molecule has 3 aromatic heterocycles. The molecule has 3 saturated heterocycles. The van der Waals surface area contributed by atoms with Crippen LogP contribution in [0.25, 0.3) is 16.9 Å². The van der Waals surface area contributed by atoms with Crippen molar-refractivity contribution in [2.45, 2.75) is 56.5 Å². The van der Waals surface area contributed by atoms with E-state index in [-0.39, 0.29) is 18.2 Å². The molecule has 2 bridgehead atoms. The first-order chi connectivity index (χ1) is 15.0. The van der Waals surface area contributed by atoms with Crippen molar-refractivity contribution in [2.24, 2.45) is 0 Å². The molecule has 0 amide bonds. The number of nitrogen functional groups attached to an aromatic ring is 1. The van der Waals surface area contributed by atoms with Crippen LogP contribution in [0.15, 0.2) is 18.3 Å². The van der Waals surface area contributed by atoms with E-state index in [0.29, 0.717) is 48.7 Å². The lowest BCUT2D eigenvalue weighted by molar-refractivity contribution is -0.114. The Labute approximate surface area is 179 Å². The number of nitrogens with two attached hydrogens (primary N) is 1. The molecule has 0 aromatic carbocycles. The summed E-state index contributed by atoms with van der Waals surface area (Å²) in [6, 6.07) is 4.00. The fourth-order valence-electron chi connectivity index (χ4n) is 5.38. The quantitative estimate of drug-likeness (QED) is 0.576. The molecule has 0 radical (unpaired) electrons. The van der Waals surface area contributed by atoms with Crippen LogP contribution < -0.4 is 10.6 Å². The number of pyridine rings is 1. The zero-order valence-corrected chi connectivity index (χ0v) is 17.5. The first-order valence-corrected chi connectivity index (χ1v) is 10.9. The number of nitrogens with one attached hydrogen (secondary N) is 1. The summed E-state index contributed by atoms with van der Waals surface area (Å²) < 4.78 is 13.3. The van der Waals surface area contributed by atoms with Crippen LogP contribution in [0.1, 0.15) is 38.2 Å². The van der Waals surface area contributed by atoms with Gasteiger partial charge in [-0.1, -0.05) is 0 Å². The van der Waals surface area contributed by atoms with Crippen molar-refractivity contribution in [3.05, 3.63) is 23.9 Å². The Morgan fingerprint density at radius 3 is 2.81 bits per heavy atom. The number of hydrogen-bond acceptors (Lipinski definition) is 8. The van der Waals surface area contributed by atoms with Crippen molar-refractivity contribution in [2.75, 3.05) is 30.4 Å². The second-order valence-electron chi connectivity index (χ2n) is 8.98. The maximum Gasteiger partial charge on any atom is 0.169 e. The maximum atomic E-state index is 11.9. The lowest BCUT2D eigenvalue weighted by Gasteiger charge is -2.39. The number of hydrogen-bond donors (Lipinski definition) is 3. The van der Waals surface area contributed by atoms with Gasteiger partial charge in [0, 0.05) is 31.0 Å². The summed E-state index contributed by atoms with van der Waals surface area (Å²) >= 11 is 0. The second kappa shape index (κ2) is 6.91. The van der Waals surface area contributed by atoms with Gasteiger partial charge >= 0.3 is 0 Å². The van der Waals surface area contributed by atoms with Gasteiger partial charge in [-0.2, -0.15) is 9.78 Å². The molecule has 3 aliphatic heterocycles. The van der Waals surface area contributed by atoms with Gasteiger partial charge in [0.05, 0.1) is 48.6 Å². The average molecular weight is 425 g/mol. The third-order valence-corrected chi connectivity index (χ3v) is 6.86. The van der Waals surface area contributed by atoms with E-state index in [0.717, 1.165) is 30.8 Å². The van der Waals surface area contributed by atoms with Crippen LogP contribution >= 0.6 is 0 Å². The Balaban J connectivity index is 1.57. The van der Waals surface area contributed by atoms with Gasteiger partial charge in [-0.3, -0.25) is 5.10 Å². The fraction of sp³-hybridized carbons (Fsp3) is 0.571. The van der Waals surface area contributed by atoms with Crippen LogP contribution in [-0.2, 0) is 15.1 Å². The molecule has 3 unspecified atom stereocenters. The summed E-state index contributed by atoms with van der Waals surface area (Å²) in [5, 5.41) is 24.1. The molecule has 3 fully saturated rings. The van der Waals surface area contributed by atoms with Crippen LogP contribution in [0.3, 0.4) is 0 Å². The van der Waals surface area contributed by atoms with Crippen LogP contribution in [-0.4, -0.2) is 68.1 Å². The number of H-pyrrole nitrogens is 1. The van der Waals surface area contributed by atoms with Gasteiger partial charge in [0.2, 0.25) is 0 Å². The maximum absolute atomic E-state index is 11.9. The number of anilines is 2. The molecule has 6 rings (SSSR count). The summed E-state index contributed by atoms with van der Waals surface area (Å²) in [4.78, 5) is 7.19. The number of aliphatic hydroxyl groups is 1. The molecule has 3 aromatic rings. The van der Waals surface area contributed by atoms with Crippen molar-refractivity contribution in [1.82, 2.24) is 25.0 Å². The van der Waals surface area contributed by atoms with Gasteiger partial charge in [0.15, 0.2) is 17.3 Å². The highest BCUT2D eigenvalue weighted by atomic mass is 16.5. The van der Waals surface area contributed by atoms with E-state index in [1.54, 1.807) is 10.9 Å². The van der Waals surface area contributed by atoms with E-state index in [2.05, 4.69) is 27.1 Å². The number of aromatic amines is 1. The molecule has 3 atom stereocenters.